The molecule has 13 nitrogen and oxygen atoms in total. The summed E-state index contributed by atoms with van der Waals surface area (Å²) in [6, 6.07) is -5.98. The van der Waals surface area contributed by atoms with Gasteiger partial charge >= 0.3 is 11.9 Å². The van der Waals surface area contributed by atoms with Gasteiger partial charge in [-0.05, 0) is 12.8 Å². The van der Waals surface area contributed by atoms with E-state index >= 15 is 0 Å². The molecule has 9 N–H and O–H groups in total. The van der Waals surface area contributed by atoms with Gasteiger partial charge in [-0.25, -0.2) is 4.79 Å². The Hall–Kier alpha value is -2.77. The molecule has 0 bridgehead atoms. The molecule has 29 heavy (non-hydrogen) atoms. The van der Waals surface area contributed by atoms with Crippen molar-refractivity contribution in [3.05, 3.63) is 0 Å². The number of amides is 3. The van der Waals surface area contributed by atoms with Gasteiger partial charge in [0.1, 0.15) is 24.2 Å². The number of carboxylic acid groups (broad SMARTS) is 2. The van der Waals surface area contributed by atoms with Crippen molar-refractivity contribution in [1.29, 1.82) is 0 Å². The first-order valence-electron chi connectivity index (χ1n) is 8.72. The summed E-state index contributed by atoms with van der Waals surface area (Å²) in [6.45, 7) is 3.47. The van der Waals surface area contributed by atoms with E-state index in [0.717, 1.165) is 6.92 Å². The van der Waals surface area contributed by atoms with Crippen molar-refractivity contribution in [2.75, 3.05) is 6.61 Å². The quantitative estimate of drug-likeness (QED) is 0.154. The summed E-state index contributed by atoms with van der Waals surface area (Å²) < 4.78 is 0. The molecule has 0 rings (SSSR count). The molecule has 0 saturated carbocycles. The van der Waals surface area contributed by atoms with E-state index in [0.29, 0.717) is 0 Å². The predicted octanol–water partition coefficient (Wildman–Crippen LogP) is -3.64. The number of carboxylic acids is 2. The minimum absolute atomic E-state index is 0.526. The van der Waals surface area contributed by atoms with Gasteiger partial charge in [0.15, 0.2) is 0 Å². The Morgan fingerprint density at radius 3 is 1.76 bits per heavy atom. The molecule has 0 aromatic heterocycles. The maximum Gasteiger partial charge on any atom is 0.326 e. The van der Waals surface area contributed by atoms with E-state index < -0.39 is 78.9 Å². The normalized spacial score (nSPS) is 16.1. The number of hydrogen-bond donors (Lipinski definition) is 8. The molecule has 0 heterocycles. The van der Waals surface area contributed by atoms with E-state index in [4.69, 9.17) is 21.1 Å². The lowest BCUT2D eigenvalue weighted by atomic mass is 10.0. The zero-order valence-electron chi connectivity index (χ0n) is 16.3. The largest absolute Gasteiger partial charge is 0.481 e. The molecule has 0 radical (unpaired) electrons. The third kappa shape index (κ3) is 8.85. The molecule has 3 amide bonds. The van der Waals surface area contributed by atoms with Crippen molar-refractivity contribution in [3.8, 4) is 0 Å². The molecule has 0 fully saturated rings. The number of aliphatic hydroxyl groups is 2. The molecule has 5 atom stereocenters. The number of aliphatic hydroxyl groups excluding tert-OH is 2. The first-order chi connectivity index (χ1) is 13.3. The van der Waals surface area contributed by atoms with Crippen LogP contribution >= 0.6 is 0 Å². The molecule has 0 aliphatic heterocycles. The van der Waals surface area contributed by atoms with Gasteiger partial charge < -0.3 is 42.1 Å². The highest BCUT2D eigenvalue weighted by Gasteiger charge is 2.33. The Kier molecular flexibility index (Phi) is 10.8. The van der Waals surface area contributed by atoms with E-state index in [1.165, 1.54) is 13.8 Å². The van der Waals surface area contributed by atoms with Crippen LogP contribution in [0, 0.1) is 5.92 Å². The molecule has 0 aliphatic rings. The third-order valence-electron chi connectivity index (χ3n) is 3.84. The lowest BCUT2D eigenvalue weighted by Gasteiger charge is -2.26. The number of rotatable bonds is 12. The maximum atomic E-state index is 12.4. The first-order valence-corrected chi connectivity index (χ1v) is 8.72. The van der Waals surface area contributed by atoms with Crippen molar-refractivity contribution in [1.82, 2.24) is 16.0 Å². The predicted molar refractivity (Wildman–Crippen MR) is 97.3 cm³/mol. The van der Waals surface area contributed by atoms with Gasteiger partial charge in [0.2, 0.25) is 17.7 Å². The van der Waals surface area contributed by atoms with Crippen LogP contribution in [0.3, 0.4) is 0 Å². The molecular formula is C16H28N4O9. The molecular weight excluding hydrogens is 392 g/mol. The lowest BCUT2D eigenvalue weighted by Crippen LogP contribution is -2.60. The van der Waals surface area contributed by atoms with Crippen molar-refractivity contribution in [3.63, 3.8) is 0 Å². The Morgan fingerprint density at radius 2 is 1.38 bits per heavy atom. The van der Waals surface area contributed by atoms with E-state index in [9.17, 15) is 29.1 Å². The fourth-order valence-electron chi connectivity index (χ4n) is 2.16. The summed E-state index contributed by atoms with van der Waals surface area (Å²) in [7, 11) is 0. The summed E-state index contributed by atoms with van der Waals surface area (Å²) in [5.41, 5.74) is 5.32. The minimum Gasteiger partial charge on any atom is -0.481 e. The molecule has 13 heteroatoms. The second-order valence-electron chi connectivity index (χ2n) is 6.74. The van der Waals surface area contributed by atoms with Gasteiger partial charge in [0.05, 0.1) is 19.1 Å². The molecule has 0 aromatic carbocycles. The van der Waals surface area contributed by atoms with Crippen LogP contribution in [0.15, 0.2) is 0 Å². The number of hydrogen-bond acceptors (Lipinski definition) is 8. The Bertz CT molecular complexity index is 624. The van der Waals surface area contributed by atoms with Crippen molar-refractivity contribution in [2.45, 2.75) is 57.5 Å². The van der Waals surface area contributed by atoms with Crippen molar-refractivity contribution >= 4 is 29.7 Å². The van der Waals surface area contributed by atoms with Crippen LogP contribution in [0.1, 0.15) is 27.2 Å². The number of carbonyl (C=O) groups is 5. The van der Waals surface area contributed by atoms with Gasteiger partial charge in [-0.3, -0.25) is 19.2 Å². The Morgan fingerprint density at radius 1 is 0.862 bits per heavy atom. The summed E-state index contributed by atoms with van der Waals surface area (Å²) >= 11 is 0. The van der Waals surface area contributed by atoms with Crippen LogP contribution in [0.25, 0.3) is 0 Å². The van der Waals surface area contributed by atoms with Crippen LogP contribution < -0.4 is 21.7 Å². The summed E-state index contributed by atoms with van der Waals surface area (Å²) in [4.78, 5) is 58.8. The molecule has 0 aromatic rings. The summed E-state index contributed by atoms with van der Waals surface area (Å²) in [6.07, 6.45) is -2.33. The average molecular weight is 420 g/mol. The second kappa shape index (κ2) is 11.9. The lowest BCUT2D eigenvalue weighted by molar-refractivity contribution is -0.144. The average Bonchev–Trinajstić information content (AvgIpc) is 2.60. The van der Waals surface area contributed by atoms with E-state index in [-0.39, 0.29) is 0 Å². The smallest absolute Gasteiger partial charge is 0.326 e. The zero-order chi connectivity index (χ0) is 22.9. The molecule has 0 aliphatic carbocycles. The number of aliphatic carboxylic acids is 2. The first kappa shape index (κ1) is 26.2. The Labute approximate surface area is 166 Å². The summed E-state index contributed by atoms with van der Waals surface area (Å²) in [5, 5.41) is 43.0. The van der Waals surface area contributed by atoms with E-state index in [1.807, 2.05) is 0 Å². The van der Waals surface area contributed by atoms with Gasteiger partial charge in [-0.1, -0.05) is 13.8 Å². The number of carbonyl (C=O) groups excluding carboxylic acids is 3. The number of nitrogens with one attached hydrogen (secondary N) is 3. The van der Waals surface area contributed by atoms with Gasteiger partial charge in [0.25, 0.3) is 0 Å². The summed E-state index contributed by atoms with van der Waals surface area (Å²) in [5.74, 6) is -6.45. The number of nitrogens with two attached hydrogens (primary N) is 1. The molecule has 166 valence electrons. The maximum absolute atomic E-state index is 12.4. The van der Waals surface area contributed by atoms with Crippen LogP contribution in [0.5, 0.6) is 0 Å². The molecule has 5 unspecified atom stereocenters. The monoisotopic (exact) mass is 420 g/mol. The van der Waals surface area contributed by atoms with Gasteiger partial charge in [0, 0.05) is 0 Å². The topological polar surface area (TPSA) is 228 Å². The third-order valence-corrected chi connectivity index (χ3v) is 3.84. The highest BCUT2D eigenvalue weighted by Crippen LogP contribution is 2.04. The fourth-order valence-corrected chi connectivity index (χ4v) is 2.16. The van der Waals surface area contributed by atoms with Crippen LogP contribution in [0.4, 0.5) is 0 Å². The van der Waals surface area contributed by atoms with Gasteiger partial charge in [-0.15, -0.1) is 0 Å². The SMILES string of the molecule is CC(C)C(NC(=O)C(CC(=O)O)NC(=O)C(NC(=O)C(N)CO)C(C)O)C(=O)O. The van der Waals surface area contributed by atoms with Crippen LogP contribution in [-0.4, -0.2) is 87.0 Å². The highest BCUT2D eigenvalue weighted by atomic mass is 16.4. The second-order valence-corrected chi connectivity index (χ2v) is 6.74. The molecule has 0 spiro atoms. The highest BCUT2D eigenvalue weighted by molar-refractivity contribution is 5.95. The van der Waals surface area contributed by atoms with E-state index in [1.54, 1.807) is 0 Å². The minimum atomic E-state index is -1.68. The van der Waals surface area contributed by atoms with Crippen molar-refractivity contribution < 1.29 is 44.4 Å². The van der Waals surface area contributed by atoms with Crippen molar-refractivity contribution in [2.24, 2.45) is 11.7 Å². The fraction of sp³-hybridized carbons (Fsp3) is 0.688. The molecule has 0 saturated heterocycles. The standard InChI is InChI=1S/C16H28N4O9/c1-6(2)11(16(28)29)19-14(26)9(4-10(23)24)18-15(27)12(7(3)22)20-13(25)8(17)5-21/h6-9,11-12,21-22H,4-5,17H2,1-3H3,(H,18,27)(H,19,26)(H,20,25)(H,23,24)(H,28,29). The van der Waals surface area contributed by atoms with Crippen LogP contribution in [-0.2, 0) is 24.0 Å². The van der Waals surface area contributed by atoms with Crippen LogP contribution in [0.2, 0.25) is 0 Å². The van der Waals surface area contributed by atoms with E-state index in [2.05, 4.69) is 16.0 Å². The Balaban J connectivity index is 5.43. The zero-order valence-corrected chi connectivity index (χ0v) is 16.3. The van der Waals surface area contributed by atoms with Gasteiger partial charge in [-0.2, -0.15) is 0 Å².